The van der Waals surface area contributed by atoms with E-state index in [-0.39, 0.29) is 17.2 Å². The molecule has 1 heterocycles. The second-order valence-corrected chi connectivity index (χ2v) is 7.74. The Labute approximate surface area is 185 Å². The molecule has 2 aromatic carbocycles. The largest absolute Gasteiger partial charge is 0.491 e. The van der Waals surface area contributed by atoms with Gasteiger partial charge in [0.25, 0.3) is 0 Å². The van der Waals surface area contributed by atoms with Gasteiger partial charge in [-0.25, -0.2) is 0 Å². The molecule has 0 aliphatic rings. The smallest absolute Gasteiger partial charge is 0.416 e. The number of carbonyl (C=O) groups is 1. The molecule has 0 saturated heterocycles. The molecule has 11 heteroatoms. The van der Waals surface area contributed by atoms with Gasteiger partial charge < -0.3 is 10.1 Å². The van der Waals surface area contributed by atoms with E-state index in [4.69, 9.17) is 16.3 Å². The molecule has 1 N–H and O–H groups in total. The van der Waals surface area contributed by atoms with Crippen LogP contribution in [0, 0.1) is 0 Å². The first-order valence-corrected chi connectivity index (χ1v) is 10.6. The van der Waals surface area contributed by atoms with Gasteiger partial charge in [0.05, 0.1) is 29.3 Å². The molecule has 1 amide bonds. The highest BCUT2D eigenvalue weighted by Gasteiger charge is 2.31. The summed E-state index contributed by atoms with van der Waals surface area (Å²) < 4.78 is 46.3. The number of halogens is 4. The Balaban J connectivity index is 1.72. The maximum atomic E-state index is 13.1. The van der Waals surface area contributed by atoms with Crippen molar-refractivity contribution in [2.45, 2.75) is 24.7 Å². The van der Waals surface area contributed by atoms with E-state index in [0.717, 1.165) is 23.9 Å². The Morgan fingerprint density at radius 3 is 2.77 bits per heavy atom. The van der Waals surface area contributed by atoms with E-state index in [1.165, 1.54) is 12.4 Å². The highest BCUT2D eigenvalue weighted by atomic mass is 35.5. The third-order valence-electron chi connectivity index (χ3n) is 3.98. The first-order chi connectivity index (χ1) is 14.8. The second kappa shape index (κ2) is 10.1. The number of rotatable bonds is 8. The minimum Gasteiger partial charge on any atom is -0.491 e. The summed E-state index contributed by atoms with van der Waals surface area (Å²) in [6.45, 7) is 2.18. The van der Waals surface area contributed by atoms with E-state index >= 15 is 0 Å². The topological polar surface area (TPSA) is 69.0 Å². The van der Waals surface area contributed by atoms with Gasteiger partial charge in [-0.15, -0.1) is 10.2 Å². The van der Waals surface area contributed by atoms with Gasteiger partial charge in [-0.05, 0) is 42.8 Å². The predicted octanol–water partition coefficient (Wildman–Crippen LogP) is 5.46. The van der Waals surface area contributed by atoms with Crippen LogP contribution in [0.3, 0.4) is 0 Å². The van der Waals surface area contributed by atoms with Gasteiger partial charge in [-0.3, -0.25) is 9.36 Å². The SMILES string of the molecule is CCCOc1ccc(C(F)(F)F)cc1NC(=O)CSc1nncn1-c1cccc(Cl)c1. The van der Waals surface area contributed by atoms with Gasteiger partial charge in [-0.2, -0.15) is 13.2 Å². The zero-order chi connectivity index (χ0) is 22.4. The molecule has 164 valence electrons. The lowest BCUT2D eigenvalue weighted by Gasteiger charge is -2.15. The standard InChI is InChI=1S/C20H18ClF3N4O2S/c1-2-8-30-17-7-6-13(20(22,23)24)9-16(17)26-18(29)11-31-19-27-25-12-28(19)15-5-3-4-14(21)10-15/h3-7,9-10,12H,2,8,11H2,1H3,(H,26,29). The summed E-state index contributed by atoms with van der Waals surface area (Å²) in [4.78, 5) is 12.4. The molecule has 0 spiro atoms. The minimum absolute atomic E-state index is 0.0369. The number of amides is 1. The van der Waals surface area contributed by atoms with Crippen molar-refractivity contribution in [3.05, 3.63) is 59.4 Å². The van der Waals surface area contributed by atoms with Crippen LogP contribution in [-0.4, -0.2) is 33.0 Å². The molecular formula is C20H18ClF3N4O2S. The van der Waals surface area contributed by atoms with Gasteiger partial charge >= 0.3 is 6.18 Å². The number of hydrogen-bond acceptors (Lipinski definition) is 5. The van der Waals surface area contributed by atoms with Crippen LogP contribution in [0.2, 0.25) is 5.02 Å². The lowest BCUT2D eigenvalue weighted by molar-refractivity contribution is -0.137. The van der Waals surface area contributed by atoms with Gasteiger partial charge in [0.15, 0.2) is 5.16 Å². The highest BCUT2D eigenvalue weighted by Crippen LogP contribution is 2.35. The van der Waals surface area contributed by atoms with Crippen molar-refractivity contribution in [3.8, 4) is 11.4 Å². The van der Waals surface area contributed by atoms with Gasteiger partial charge in [0.2, 0.25) is 5.91 Å². The van der Waals surface area contributed by atoms with Crippen molar-refractivity contribution in [1.82, 2.24) is 14.8 Å². The summed E-state index contributed by atoms with van der Waals surface area (Å²) in [6.07, 6.45) is -2.39. The van der Waals surface area contributed by atoms with Crippen LogP contribution in [0.5, 0.6) is 5.75 Å². The summed E-state index contributed by atoms with van der Waals surface area (Å²) >= 11 is 7.10. The molecule has 1 aromatic heterocycles. The van der Waals surface area contributed by atoms with E-state index in [1.54, 1.807) is 28.8 Å². The van der Waals surface area contributed by atoms with Crippen molar-refractivity contribution in [2.75, 3.05) is 17.7 Å². The second-order valence-electron chi connectivity index (χ2n) is 6.36. The fraction of sp³-hybridized carbons (Fsp3) is 0.250. The predicted molar refractivity (Wildman–Crippen MR) is 113 cm³/mol. The highest BCUT2D eigenvalue weighted by molar-refractivity contribution is 7.99. The number of nitrogens with zero attached hydrogens (tertiary/aromatic N) is 3. The summed E-state index contributed by atoms with van der Waals surface area (Å²) in [5.41, 5.74) is -0.196. The molecule has 3 rings (SSSR count). The molecule has 0 atom stereocenters. The van der Waals surface area contributed by atoms with Gasteiger partial charge in [0.1, 0.15) is 12.1 Å². The summed E-state index contributed by atoms with van der Waals surface area (Å²) in [6, 6.07) is 10.0. The third kappa shape index (κ3) is 6.14. The monoisotopic (exact) mass is 470 g/mol. The van der Waals surface area contributed by atoms with Crippen LogP contribution >= 0.6 is 23.4 Å². The number of alkyl halides is 3. The fourth-order valence-electron chi connectivity index (χ4n) is 2.58. The maximum Gasteiger partial charge on any atom is 0.416 e. The molecule has 6 nitrogen and oxygen atoms in total. The van der Waals surface area contributed by atoms with Gasteiger partial charge in [-0.1, -0.05) is 36.4 Å². The molecule has 0 radical (unpaired) electrons. The molecule has 0 bridgehead atoms. The Kier molecular flexibility index (Phi) is 7.45. The van der Waals surface area contributed by atoms with Crippen molar-refractivity contribution in [1.29, 1.82) is 0 Å². The third-order valence-corrected chi connectivity index (χ3v) is 5.16. The lowest BCUT2D eigenvalue weighted by atomic mass is 10.1. The number of aromatic nitrogens is 3. The Bertz CT molecular complexity index is 1060. The number of hydrogen-bond donors (Lipinski definition) is 1. The normalized spacial score (nSPS) is 11.4. The zero-order valence-electron chi connectivity index (χ0n) is 16.3. The molecule has 0 unspecified atom stereocenters. The van der Waals surface area contributed by atoms with Crippen molar-refractivity contribution in [2.24, 2.45) is 0 Å². The molecular weight excluding hydrogens is 453 g/mol. The molecule has 0 saturated carbocycles. The number of thioether (sulfide) groups is 1. The summed E-state index contributed by atoms with van der Waals surface area (Å²) in [5.74, 6) is -0.426. The van der Waals surface area contributed by atoms with Crippen LogP contribution in [0.15, 0.2) is 53.9 Å². The van der Waals surface area contributed by atoms with Crippen molar-refractivity contribution >= 4 is 35.0 Å². The number of benzene rings is 2. The van der Waals surface area contributed by atoms with Crippen molar-refractivity contribution in [3.63, 3.8) is 0 Å². The first kappa shape index (κ1) is 23.0. The van der Waals surface area contributed by atoms with Crippen LogP contribution in [-0.2, 0) is 11.0 Å². The fourth-order valence-corrected chi connectivity index (χ4v) is 3.50. The molecule has 0 aliphatic heterocycles. The number of carbonyl (C=O) groups excluding carboxylic acids is 1. The summed E-state index contributed by atoms with van der Waals surface area (Å²) in [5, 5.41) is 11.3. The molecule has 3 aromatic rings. The van der Waals surface area contributed by atoms with E-state index in [9.17, 15) is 18.0 Å². The number of nitrogens with one attached hydrogen (secondary N) is 1. The molecule has 0 aliphatic carbocycles. The van der Waals surface area contributed by atoms with Crippen LogP contribution in [0.1, 0.15) is 18.9 Å². The first-order valence-electron chi connectivity index (χ1n) is 9.20. The van der Waals surface area contributed by atoms with Crippen LogP contribution in [0.25, 0.3) is 5.69 Å². The Hall–Kier alpha value is -2.72. The Morgan fingerprint density at radius 2 is 2.06 bits per heavy atom. The zero-order valence-corrected chi connectivity index (χ0v) is 17.9. The van der Waals surface area contributed by atoms with Crippen LogP contribution < -0.4 is 10.1 Å². The van der Waals surface area contributed by atoms with Crippen molar-refractivity contribution < 1.29 is 22.7 Å². The average Bonchev–Trinajstić information content (AvgIpc) is 3.19. The van der Waals surface area contributed by atoms with E-state index in [2.05, 4.69) is 15.5 Å². The maximum absolute atomic E-state index is 13.1. The van der Waals surface area contributed by atoms with E-state index in [1.807, 2.05) is 6.92 Å². The number of anilines is 1. The van der Waals surface area contributed by atoms with Gasteiger partial charge in [0, 0.05) is 5.02 Å². The average molecular weight is 471 g/mol. The minimum atomic E-state index is -4.54. The Morgan fingerprint density at radius 1 is 1.26 bits per heavy atom. The van der Waals surface area contributed by atoms with E-state index in [0.29, 0.717) is 28.9 Å². The van der Waals surface area contributed by atoms with E-state index < -0.39 is 17.6 Å². The lowest BCUT2D eigenvalue weighted by Crippen LogP contribution is -2.16. The molecule has 31 heavy (non-hydrogen) atoms. The van der Waals surface area contributed by atoms with Crippen LogP contribution in [0.4, 0.5) is 18.9 Å². The number of ether oxygens (including phenoxy) is 1. The summed E-state index contributed by atoms with van der Waals surface area (Å²) in [7, 11) is 0. The molecule has 0 fully saturated rings. The quantitative estimate of drug-likeness (QED) is 0.443.